The summed E-state index contributed by atoms with van der Waals surface area (Å²) in [6.45, 7) is 4.04. The summed E-state index contributed by atoms with van der Waals surface area (Å²) in [5.41, 5.74) is -4.43. The van der Waals surface area contributed by atoms with Gasteiger partial charge in [-0.1, -0.05) is 31.2 Å². The Morgan fingerprint density at radius 3 is 2.70 bits per heavy atom. The number of aromatic nitrogens is 1. The number of halogens is 2. The van der Waals surface area contributed by atoms with Crippen molar-refractivity contribution in [2.75, 3.05) is 6.54 Å². The molecule has 0 unspecified atom stereocenters. The zero-order valence-corrected chi connectivity index (χ0v) is 22.8. The summed E-state index contributed by atoms with van der Waals surface area (Å²) in [5, 5.41) is 25.1. The van der Waals surface area contributed by atoms with E-state index in [9.17, 15) is 19.8 Å². The van der Waals surface area contributed by atoms with E-state index >= 15 is 8.78 Å². The van der Waals surface area contributed by atoms with E-state index in [2.05, 4.69) is 0 Å². The van der Waals surface area contributed by atoms with E-state index < -0.39 is 63.9 Å². The van der Waals surface area contributed by atoms with Gasteiger partial charge in [0.15, 0.2) is 17.1 Å². The van der Waals surface area contributed by atoms with Gasteiger partial charge >= 0.3 is 5.97 Å². The summed E-state index contributed by atoms with van der Waals surface area (Å²) in [5.74, 6) is -3.45. The molecule has 1 aliphatic heterocycles. The number of hydrogen-bond donors (Lipinski definition) is 2. The largest absolute Gasteiger partial charge is 0.479 e. The number of nitrogens with zero attached hydrogens (tertiary/aromatic N) is 2. The van der Waals surface area contributed by atoms with Crippen molar-refractivity contribution in [2.24, 2.45) is 35.6 Å². The molecule has 40 heavy (non-hydrogen) atoms. The average molecular weight is 553 g/mol. The molecule has 212 valence electrons. The normalized spacial score (nSPS) is 44.2. The summed E-state index contributed by atoms with van der Waals surface area (Å²) >= 11 is 0. The van der Waals surface area contributed by atoms with Crippen molar-refractivity contribution in [3.05, 3.63) is 59.8 Å². The molecule has 9 atom stereocenters. The summed E-state index contributed by atoms with van der Waals surface area (Å²) in [7, 11) is 1.96. The third-order valence-corrected chi connectivity index (χ3v) is 11.3. The van der Waals surface area contributed by atoms with Crippen LogP contribution >= 0.6 is 0 Å². The molecule has 7 nitrogen and oxygen atoms in total. The zero-order valence-electron chi connectivity index (χ0n) is 22.8. The minimum Gasteiger partial charge on any atom is -0.479 e. The zero-order chi connectivity index (χ0) is 28.4. The smallest absolute Gasteiger partial charge is 0.339 e. The second-order valence-electron chi connectivity index (χ2n) is 13.0. The molecule has 1 saturated heterocycles. The van der Waals surface area contributed by atoms with Gasteiger partial charge < -0.3 is 14.8 Å². The number of aliphatic carboxylic acids is 1. The number of benzene rings is 1. The number of carbonyl (C=O) groups excluding carboxylic acids is 1. The highest BCUT2D eigenvalue weighted by atomic mass is 19.1. The fraction of sp³-hybridized carbons (Fsp3) is 0.548. The first-order valence-corrected chi connectivity index (χ1v) is 14.0. The third kappa shape index (κ3) is 2.93. The third-order valence-electron chi connectivity index (χ3n) is 11.3. The molecule has 3 saturated carbocycles. The highest BCUT2D eigenvalue weighted by Gasteiger charge is 2.80. The number of ketones is 1. The van der Waals surface area contributed by atoms with Gasteiger partial charge in [-0.2, -0.15) is 5.06 Å². The molecule has 4 aliphatic carbocycles. The van der Waals surface area contributed by atoms with Crippen LogP contribution in [0, 0.1) is 28.6 Å². The number of carboxylic acids is 1. The van der Waals surface area contributed by atoms with E-state index in [-0.39, 0.29) is 18.4 Å². The van der Waals surface area contributed by atoms with E-state index in [1.165, 1.54) is 18.2 Å². The predicted molar refractivity (Wildman–Crippen MR) is 142 cm³/mol. The monoisotopic (exact) mass is 552 g/mol. The first-order chi connectivity index (χ1) is 18.9. The lowest BCUT2D eigenvalue weighted by Crippen LogP contribution is -2.70. The van der Waals surface area contributed by atoms with E-state index in [4.69, 9.17) is 4.84 Å². The lowest BCUT2D eigenvalue weighted by molar-refractivity contribution is -0.275. The number of aliphatic hydroxyl groups excluding tert-OH is 1. The molecule has 2 N–H and O–H groups in total. The number of aryl methyl sites for hydroxylation is 1. The van der Waals surface area contributed by atoms with Crippen LogP contribution in [0.2, 0.25) is 0 Å². The van der Waals surface area contributed by atoms with Gasteiger partial charge in [-0.3, -0.25) is 9.63 Å². The maximum atomic E-state index is 17.4. The van der Waals surface area contributed by atoms with Gasteiger partial charge in [-0.05, 0) is 61.5 Å². The molecular weight excluding hydrogens is 518 g/mol. The minimum absolute atomic E-state index is 0.0602. The Labute approximate surface area is 231 Å². The summed E-state index contributed by atoms with van der Waals surface area (Å²) in [6.07, 6.45) is 2.70. The van der Waals surface area contributed by atoms with Crippen LogP contribution in [-0.4, -0.2) is 61.7 Å². The second-order valence-corrected chi connectivity index (χ2v) is 13.0. The lowest BCUT2D eigenvalue weighted by Gasteiger charge is -2.63. The number of allylic oxidation sites excluding steroid dienone is 4. The number of para-hydroxylation sites is 1. The number of carbonyl (C=O) groups is 2. The van der Waals surface area contributed by atoms with Crippen molar-refractivity contribution in [2.45, 2.75) is 63.2 Å². The van der Waals surface area contributed by atoms with Crippen molar-refractivity contribution >= 4 is 22.7 Å². The highest BCUT2D eigenvalue weighted by molar-refractivity contribution is 6.01. The van der Waals surface area contributed by atoms with Crippen molar-refractivity contribution in [3.8, 4) is 0 Å². The number of fused-ring (bicyclic) bond motifs is 8. The van der Waals surface area contributed by atoms with Gasteiger partial charge in [0.25, 0.3) is 0 Å². The van der Waals surface area contributed by atoms with Crippen LogP contribution in [0.5, 0.6) is 0 Å². The van der Waals surface area contributed by atoms with Crippen LogP contribution in [0.4, 0.5) is 8.78 Å². The Bertz CT molecular complexity index is 1520. The molecule has 0 bridgehead atoms. The Morgan fingerprint density at radius 1 is 1.20 bits per heavy atom. The van der Waals surface area contributed by atoms with Gasteiger partial charge in [0, 0.05) is 53.4 Å². The molecule has 5 aliphatic rings. The molecule has 0 radical (unpaired) electrons. The summed E-state index contributed by atoms with van der Waals surface area (Å²) < 4.78 is 35.2. The molecule has 4 fully saturated rings. The Kier molecular flexibility index (Phi) is 5.28. The standard InChI is InChI=1S/C31H34F2N2O5/c1-28-9-8-19(36)11-23(28)24(32)12-22-21-10-18-16-35(15-17-14-34(3)25-7-5-4-6-20(17)25)40-31(18,27(38)39)29(21,2)13-26(37)30(22,28)33/h4-9,11,14,18,21-22,24,26,37H,10,12-13,15-16H2,1-3H3,(H,38,39)/t18-,21-,22-,24-,26-,28-,29-,30-,31-/m0/s1. The molecule has 0 amide bonds. The van der Waals surface area contributed by atoms with E-state index in [1.54, 1.807) is 18.9 Å². The Balaban J connectivity index is 1.26. The summed E-state index contributed by atoms with van der Waals surface area (Å²) in [6, 6.07) is 7.98. The Hall–Kier alpha value is -2.88. The molecule has 2 aromatic rings. The first kappa shape index (κ1) is 26.0. The number of rotatable bonds is 3. The molecule has 9 heteroatoms. The fourth-order valence-corrected chi connectivity index (χ4v) is 9.52. The molecule has 0 spiro atoms. The quantitative estimate of drug-likeness (QED) is 0.590. The number of aliphatic hydroxyl groups is 1. The van der Waals surface area contributed by atoms with Crippen LogP contribution < -0.4 is 0 Å². The molecule has 7 rings (SSSR count). The number of carboxylic acid groups (broad SMARTS) is 1. The summed E-state index contributed by atoms with van der Waals surface area (Å²) in [4.78, 5) is 31.7. The average Bonchev–Trinajstić information content (AvgIpc) is 3.51. The van der Waals surface area contributed by atoms with Crippen molar-refractivity contribution in [1.82, 2.24) is 9.63 Å². The molecular formula is C31H34F2N2O5. The highest BCUT2D eigenvalue weighted by Crippen LogP contribution is 2.72. The van der Waals surface area contributed by atoms with Crippen LogP contribution in [0.15, 0.2) is 54.3 Å². The van der Waals surface area contributed by atoms with E-state index in [0.29, 0.717) is 19.5 Å². The van der Waals surface area contributed by atoms with Crippen LogP contribution in [-0.2, 0) is 28.0 Å². The van der Waals surface area contributed by atoms with Crippen molar-refractivity contribution < 1.29 is 33.4 Å². The topological polar surface area (TPSA) is 92.0 Å². The van der Waals surface area contributed by atoms with E-state index in [1.807, 2.05) is 42.1 Å². The maximum Gasteiger partial charge on any atom is 0.339 e. The predicted octanol–water partition coefficient (Wildman–Crippen LogP) is 4.29. The lowest BCUT2D eigenvalue weighted by atomic mass is 9.44. The first-order valence-electron chi connectivity index (χ1n) is 14.0. The fourth-order valence-electron chi connectivity index (χ4n) is 9.52. The van der Waals surface area contributed by atoms with Gasteiger partial charge in [-0.15, -0.1) is 0 Å². The van der Waals surface area contributed by atoms with Crippen molar-refractivity contribution in [3.63, 3.8) is 0 Å². The maximum absolute atomic E-state index is 17.4. The molecule has 1 aromatic carbocycles. The molecule has 2 heterocycles. The van der Waals surface area contributed by atoms with Crippen LogP contribution in [0.25, 0.3) is 10.9 Å². The number of alkyl halides is 2. The van der Waals surface area contributed by atoms with Crippen LogP contribution in [0.1, 0.15) is 38.7 Å². The second kappa shape index (κ2) is 8.11. The van der Waals surface area contributed by atoms with Gasteiger partial charge in [-0.25, -0.2) is 13.6 Å². The SMILES string of the molecule is Cn1cc(CN2C[C@@H]3C[C@H]4[C@@H]5C[C@H](F)C6=CC(=O)C=C[C@]6(C)[C@@]5(F)[C@@H](O)C[C@]4(C)[C@]3(C(=O)O)O2)c2ccccc21. The Morgan fingerprint density at radius 2 is 1.95 bits per heavy atom. The van der Waals surface area contributed by atoms with Gasteiger partial charge in [0.05, 0.1) is 12.6 Å². The van der Waals surface area contributed by atoms with Crippen LogP contribution in [0.3, 0.4) is 0 Å². The van der Waals surface area contributed by atoms with Gasteiger partial charge in [0.1, 0.15) is 6.17 Å². The van der Waals surface area contributed by atoms with Crippen molar-refractivity contribution in [1.29, 1.82) is 0 Å². The number of hydrogen-bond acceptors (Lipinski definition) is 5. The minimum atomic E-state index is -2.25. The molecule has 1 aromatic heterocycles. The number of hydroxylamine groups is 2. The van der Waals surface area contributed by atoms with Gasteiger partial charge in [0.2, 0.25) is 0 Å². The van der Waals surface area contributed by atoms with E-state index in [0.717, 1.165) is 16.5 Å².